The summed E-state index contributed by atoms with van der Waals surface area (Å²) in [6.07, 6.45) is 2.15. The van der Waals surface area contributed by atoms with Gasteiger partial charge in [-0.2, -0.15) is 9.78 Å². The van der Waals surface area contributed by atoms with Gasteiger partial charge in [-0.25, -0.2) is 0 Å². The van der Waals surface area contributed by atoms with E-state index in [0.29, 0.717) is 24.3 Å². The molecule has 0 spiro atoms. The molecule has 0 bridgehead atoms. The second kappa shape index (κ2) is 5.81. The first kappa shape index (κ1) is 14.6. The van der Waals surface area contributed by atoms with E-state index in [2.05, 4.69) is 10.4 Å². The number of nitrogens with zero attached hydrogens (tertiary/aromatic N) is 3. The van der Waals surface area contributed by atoms with Crippen molar-refractivity contribution in [2.75, 3.05) is 18.9 Å². The summed E-state index contributed by atoms with van der Waals surface area (Å²) in [7, 11) is 1.75. The molecule has 1 aliphatic heterocycles. The fraction of sp³-hybridized carbons (Fsp3) is 0.267. The minimum absolute atomic E-state index is 0.0108. The topological polar surface area (TPSA) is 67.2 Å². The maximum absolute atomic E-state index is 12.3. The molecule has 1 atom stereocenters. The van der Waals surface area contributed by atoms with Crippen molar-refractivity contribution in [3.8, 4) is 5.69 Å². The van der Waals surface area contributed by atoms with Crippen molar-refractivity contribution in [2.24, 2.45) is 0 Å². The van der Waals surface area contributed by atoms with E-state index < -0.39 is 5.56 Å². The molecule has 114 valence electrons. The van der Waals surface area contributed by atoms with Gasteiger partial charge >= 0.3 is 0 Å². The first-order valence-corrected chi connectivity index (χ1v) is 7.30. The van der Waals surface area contributed by atoms with Crippen LogP contribution in [-0.4, -0.2) is 40.2 Å². The Morgan fingerprint density at radius 3 is 2.64 bits per heavy atom. The zero-order valence-electron chi connectivity index (χ0n) is 12.0. The molecule has 2 heterocycles. The summed E-state index contributed by atoms with van der Waals surface area (Å²) in [6, 6.07) is 8.67. The highest BCUT2D eigenvalue weighted by atomic mass is 35.5. The summed E-state index contributed by atoms with van der Waals surface area (Å²) in [5, 5.41) is 7.17. The van der Waals surface area contributed by atoms with Crippen LogP contribution in [0.3, 0.4) is 0 Å². The summed E-state index contributed by atoms with van der Waals surface area (Å²) < 4.78 is 1.23. The summed E-state index contributed by atoms with van der Waals surface area (Å²) in [5.41, 5.74) is 0.599. The van der Waals surface area contributed by atoms with Crippen LogP contribution >= 0.6 is 11.6 Å². The van der Waals surface area contributed by atoms with Crippen LogP contribution in [0.15, 0.2) is 41.3 Å². The largest absolute Gasteiger partial charge is 0.371 e. The van der Waals surface area contributed by atoms with Crippen molar-refractivity contribution in [1.82, 2.24) is 14.7 Å². The summed E-state index contributed by atoms with van der Waals surface area (Å²) in [6.45, 7) is 0.683. The average molecular weight is 319 g/mol. The van der Waals surface area contributed by atoms with E-state index in [9.17, 15) is 9.59 Å². The van der Waals surface area contributed by atoms with Gasteiger partial charge in [0.15, 0.2) is 0 Å². The number of halogens is 1. The van der Waals surface area contributed by atoms with Gasteiger partial charge in [-0.1, -0.05) is 29.8 Å². The van der Waals surface area contributed by atoms with Crippen LogP contribution in [0.25, 0.3) is 5.69 Å². The van der Waals surface area contributed by atoms with E-state index in [1.54, 1.807) is 24.1 Å². The number of rotatable bonds is 3. The number of hydrogen-bond donors (Lipinski definition) is 1. The molecule has 1 fully saturated rings. The smallest absolute Gasteiger partial charge is 0.292 e. The Morgan fingerprint density at radius 2 is 2.00 bits per heavy atom. The Morgan fingerprint density at radius 1 is 1.27 bits per heavy atom. The van der Waals surface area contributed by atoms with Crippen LogP contribution in [0.5, 0.6) is 0 Å². The van der Waals surface area contributed by atoms with Crippen LogP contribution in [-0.2, 0) is 4.79 Å². The summed E-state index contributed by atoms with van der Waals surface area (Å²) in [5.74, 6) is -0.0108. The molecule has 1 saturated heterocycles. The van der Waals surface area contributed by atoms with Crippen LogP contribution in [0.1, 0.15) is 6.42 Å². The van der Waals surface area contributed by atoms with E-state index in [1.165, 1.54) is 10.9 Å². The number of carbonyl (C=O) groups is 1. The van der Waals surface area contributed by atoms with Crippen molar-refractivity contribution < 1.29 is 4.79 Å². The predicted octanol–water partition coefficient (Wildman–Crippen LogP) is 1.53. The van der Waals surface area contributed by atoms with Gasteiger partial charge in [0, 0.05) is 13.6 Å². The number of hydrogen-bond acceptors (Lipinski definition) is 4. The van der Waals surface area contributed by atoms with Crippen LogP contribution in [0.2, 0.25) is 5.02 Å². The lowest BCUT2D eigenvalue weighted by Crippen LogP contribution is -2.32. The number of likely N-dealkylation sites (N-methyl/N-ethyl adjacent to an activating group) is 1. The van der Waals surface area contributed by atoms with E-state index in [1.807, 2.05) is 18.2 Å². The van der Waals surface area contributed by atoms with Gasteiger partial charge in [0.25, 0.3) is 5.56 Å². The highest BCUT2D eigenvalue weighted by molar-refractivity contribution is 6.33. The zero-order valence-corrected chi connectivity index (χ0v) is 12.7. The zero-order chi connectivity index (χ0) is 15.7. The molecule has 1 aromatic heterocycles. The molecule has 1 unspecified atom stereocenters. The third-order valence-corrected chi connectivity index (χ3v) is 4.04. The van der Waals surface area contributed by atoms with Crippen molar-refractivity contribution in [2.45, 2.75) is 12.5 Å². The van der Waals surface area contributed by atoms with Crippen molar-refractivity contribution in [1.29, 1.82) is 0 Å². The Bertz CT molecular complexity index is 760. The first-order chi connectivity index (χ1) is 10.6. The quantitative estimate of drug-likeness (QED) is 0.932. The van der Waals surface area contributed by atoms with Gasteiger partial charge in [-0.15, -0.1) is 0 Å². The van der Waals surface area contributed by atoms with Gasteiger partial charge in [0.1, 0.15) is 11.1 Å². The molecule has 22 heavy (non-hydrogen) atoms. The minimum atomic E-state index is -0.420. The Balaban J connectivity index is 1.91. The number of benzene rings is 1. The first-order valence-electron chi connectivity index (χ1n) is 6.92. The standard InChI is InChI=1S/C15H15ClN4O2/c1-19-8-7-11(14(19)21)18-12-9-17-20(15(22)13(12)16)10-5-3-2-4-6-10/h2-6,9,11,18H,7-8H2,1H3. The fourth-order valence-corrected chi connectivity index (χ4v) is 2.61. The molecule has 1 amide bonds. The summed E-state index contributed by atoms with van der Waals surface area (Å²) >= 11 is 6.15. The second-order valence-electron chi connectivity index (χ2n) is 5.17. The van der Waals surface area contributed by atoms with Crippen molar-refractivity contribution in [3.63, 3.8) is 0 Å². The summed E-state index contributed by atoms with van der Waals surface area (Å²) in [4.78, 5) is 25.9. The molecule has 3 rings (SSSR count). The number of anilines is 1. The number of amides is 1. The predicted molar refractivity (Wildman–Crippen MR) is 84.5 cm³/mol. The molecular weight excluding hydrogens is 304 g/mol. The van der Waals surface area contributed by atoms with Crippen LogP contribution in [0.4, 0.5) is 5.69 Å². The maximum atomic E-state index is 12.3. The number of aromatic nitrogens is 2. The highest BCUT2D eigenvalue weighted by Crippen LogP contribution is 2.21. The lowest BCUT2D eigenvalue weighted by molar-refractivity contribution is -0.127. The van der Waals surface area contributed by atoms with E-state index in [0.717, 1.165) is 0 Å². The Labute approximate surface area is 132 Å². The normalized spacial score (nSPS) is 17.8. The average Bonchev–Trinajstić information content (AvgIpc) is 2.85. The SMILES string of the molecule is CN1CCC(Nc2cnn(-c3ccccc3)c(=O)c2Cl)C1=O. The van der Waals surface area contributed by atoms with Gasteiger partial charge in [-0.3, -0.25) is 9.59 Å². The molecule has 0 aliphatic carbocycles. The molecule has 1 aromatic carbocycles. The van der Waals surface area contributed by atoms with E-state index in [-0.39, 0.29) is 17.0 Å². The maximum Gasteiger partial charge on any atom is 0.292 e. The minimum Gasteiger partial charge on any atom is -0.371 e. The lowest BCUT2D eigenvalue weighted by Gasteiger charge is -2.15. The molecule has 6 nitrogen and oxygen atoms in total. The van der Waals surface area contributed by atoms with E-state index >= 15 is 0 Å². The third-order valence-electron chi connectivity index (χ3n) is 3.68. The fourth-order valence-electron chi connectivity index (χ4n) is 2.43. The van der Waals surface area contributed by atoms with Crippen LogP contribution < -0.4 is 10.9 Å². The monoisotopic (exact) mass is 318 g/mol. The van der Waals surface area contributed by atoms with Gasteiger partial charge in [-0.05, 0) is 18.6 Å². The molecule has 2 aromatic rings. The lowest BCUT2D eigenvalue weighted by atomic mass is 10.2. The number of nitrogens with one attached hydrogen (secondary N) is 1. The number of likely N-dealkylation sites (tertiary alicyclic amines) is 1. The van der Waals surface area contributed by atoms with E-state index in [4.69, 9.17) is 11.6 Å². The molecule has 1 N–H and O–H groups in total. The molecule has 7 heteroatoms. The van der Waals surface area contributed by atoms with Crippen molar-refractivity contribution in [3.05, 3.63) is 51.9 Å². The van der Waals surface area contributed by atoms with Crippen molar-refractivity contribution >= 4 is 23.2 Å². The Kier molecular flexibility index (Phi) is 3.85. The number of para-hydroxylation sites is 1. The molecule has 1 aliphatic rings. The third kappa shape index (κ3) is 2.57. The Hall–Kier alpha value is -2.34. The molecular formula is C15H15ClN4O2. The molecule has 0 radical (unpaired) electrons. The number of carbonyl (C=O) groups excluding carboxylic acids is 1. The second-order valence-corrected chi connectivity index (χ2v) is 5.55. The molecule has 0 saturated carbocycles. The van der Waals surface area contributed by atoms with Gasteiger partial charge in [0.05, 0.1) is 17.6 Å². The van der Waals surface area contributed by atoms with Gasteiger partial charge in [0.2, 0.25) is 5.91 Å². The van der Waals surface area contributed by atoms with Crippen LogP contribution in [0, 0.1) is 0 Å². The van der Waals surface area contributed by atoms with Gasteiger partial charge < -0.3 is 10.2 Å². The highest BCUT2D eigenvalue weighted by Gasteiger charge is 2.29.